The van der Waals surface area contributed by atoms with Gasteiger partial charge in [-0.15, -0.1) is 0 Å². The zero-order valence-electron chi connectivity index (χ0n) is 6.30. The summed E-state index contributed by atoms with van der Waals surface area (Å²) in [5.74, 6) is 4.29. The Morgan fingerprint density at radius 1 is 1.22 bits per heavy atom. The van der Waals surface area contributed by atoms with Gasteiger partial charge in [-0.25, -0.2) is 0 Å². The Balaban J connectivity index is 1.94. The Morgan fingerprint density at radius 3 is 2.11 bits per heavy atom. The molecule has 1 saturated carbocycles. The van der Waals surface area contributed by atoms with Crippen molar-refractivity contribution >= 4 is 0 Å². The van der Waals surface area contributed by atoms with Crippen LogP contribution in [0.3, 0.4) is 0 Å². The first-order valence-corrected chi connectivity index (χ1v) is 4.12. The van der Waals surface area contributed by atoms with Crippen LogP contribution in [0.5, 0.6) is 0 Å². The molecule has 2 unspecified atom stereocenters. The number of nitrogens with two attached hydrogens (primary N) is 1. The molecule has 0 aromatic heterocycles. The van der Waals surface area contributed by atoms with Crippen molar-refractivity contribution in [2.45, 2.75) is 13.8 Å². The average molecular weight is 126 g/mol. The number of hydrogen-bond donors (Lipinski definition) is 1. The summed E-state index contributed by atoms with van der Waals surface area (Å²) in [5.41, 5.74) is 0. The number of piperidine rings is 1. The van der Waals surface area contributed by atoms with E-state index in [1.165, 1.54) is 13.1 Å². The second-order valence-corrected chi connectivity index (χ2v) is 3.91. The Kier molecular flexibility index (Phi) is 1.10. The molecule has 2 atom stereocenters. The van der Waals surface area contributed by atoms with Gasteiger partial charge in [-0.2, -0.15) is 0 Å². The van der Waals surface area contributed by atoms with Crippen LogP contribution in [0, 0.1) is 23.7 Å². The van der Waals surface area contributed by atoms with E-state index in [1.807, 2.05) is 0 Å². The zero-order valence-corrected chi connectivity index (χ0v) is 6.30. The number of quaternary nitrogens is 1. The molecule has 2 fully saturated rings. The van der Waals surface area contributed by atoms with Gasteiger partial charge in [0.15, 0.2) is 0 Å². The second-order valence-electron chi connectivity index (χ2n) is 3.91. The van der Waals surface area contributed by atoms with E-state index in [9.17, 15) is 0 Å². The highest BCUT2D eigenvalue weighted by Crippen LogP contribution is 2.50. The molecule has 0 bridgehead atoms. The quantitative estimate of drug-likeness (QED) is 0.512. The van der Waals surface area contributed by atoms with Crippen molar-refractivity contribution in [3.05, 3.63) is 0 Å². The van der Waals surface area contributed by atoms with Gasteiger partial charge in [0.1, 0.15) is 0 Å². The number of hydrogen-bond acceptors (Lipinski definition) is 0. The minimum atomic E-state index is 0.952. The lowest BCUT2D eigenvalue weighted by molar-refractivity contribution is -0.645. The van der Waals surface area contributed by atoms with Gasteiger partial charge in [-0.1, -0.05) is 13.8 Å². The lowest BCUT2D eigenvalue weighted by atomic mass is 10.1. The molecule has 9 heavy (non-hydrogen) atoms. The minimum Gasteiger partial charge on any atom is -0.346 e. The number of fused-ring (bicyclic) bond motifs is 1. The van der Waals surface area contributed by atoms with Crippen molar-refractivity contribution in [3.8, 4) is 0 Å². The van der Waals surface area contributed by atoms with Crippen LogP contribution in [0.15, 0.2) is 0 Å². The third-order valence-electron chi connectivity index (χ3n) is 3.05. The van der Waals surface area contributed by atoms with Crippen molar-refractivity contribution in [3.63, 3.8) is 0 Å². The van der Waals surface area contributed by atoms with E-state index < -0.39 is 0 Å². The summed E-state index contributed by atoms with van der Waals surface area (Å²) in [6.07, 6.45) is 0. The largest absolute Gasteiger partial charge is 0.346 e. The molecule has 52 valence electrons. The second kappa shape index (κ2) is 1.72. The molecule has 1 saturated heterocycles. The molecule has 2 N–H and O–H groups in total. The van der Waals surface area contributed by atoms with E-state index in [1.54, 1.807) is 0 Å². The van der Waals surface area contributed by atoms with Crippen LogP contribution in [0.1, 0.15) is 13.8 Å². The summed E-state index contributed by atoms with van der Waals surface area (Å²) >= 11 is 0. The van der Waals surface area contributed by atoms with Crippen molar-refractivity contribution in [2.24, 2.45) is 23.7 Å². The monoisotopic (exact) mass is 126 g/mol. The third kappa shape index (κ3) is 0.710. The molecule has 0 spiro atoms. The molecule has 0 radical (unpaired) electrons. The lowest BCUT2D eigenvalue weighted by Gasteiger charge is -2.04. The van der Waals surface area contributed by atoms with Gasteiger partial charge in [-0.05, 0) is 11.8 Å². The van der Waals surface area contributed by atoms with Gasteiger partial charge < -0.3 is 5.32 Å². The first-order chi connectivity index (χ1) is 4.30. The van der Waals surface area contributed by atoms with Gasteiger partial charge in [0.05, 0.1) is 13.1 Å². The molecule has 1 nitrogen and oxygen atoms in total. The highest BCUT2D eigenvalue weighted by Gasteiger charge is 2.56. The molecule has 0 aromatic rings. The van der Waals surface area contributed by atoms with Crippen LogP contribution in [0.2, 0.25) is 0 Å². The van der Waals surface area contributed by atoms with Gasteiger partial charge >= 0.3 is 0 Å². The smallest absolute Gasteiger partial charge is 0.0791 e. The minimum absolute atomic E-state index is 0.952. The molecule has 2 aliphatic rings. The fourth-order valence-corrected chi connectivity index (χ4v) is 2.61. The highest BCUT2D eigenvalue weighted by atomic mass is 15.0. The summed E-state index contributed by atoms with van der Waals surface area (Å²) in [7, 11) is 0. The molecule has 1 heterocycles. The first-order valence-electron chi connectivity index (χ1n) is 4.12. The molecular formula is C8H16N+. The maximum Gasteiger partial charge on any atom is 0.0791 e. The summed E-state index contributed by atoms with van der Waals surface area (Å²) in [6, 6.07) is 0. The fourth-order valence-electron chi connectivity index (χ4n) is 2.61. The topological polar surface area (TPSA) is 16.6 Å². The van der Waals surface area contributed by atoms with E-state index in [0.29, 0.717) is 0 Å². The Labute approximate surface area is 56.8 Å². The lowest BCUT2D eigenvalue weighted by Crippen LogP contribution is -2.82. The summed E-state index contributed by atoms with van der Waals surface area (Å²) < 4.78 is 0. The van der Waals surface area contributed by atoms with Crippen molar-refractivity contribution in [1.82, 2.24) is 0 Å². The average Bonchev–Trinajstić information content (AvgIpc) is 2.30. The summed E-state index contributed by atoms with van der Waals surface area (Å²) in [4.78, 5) is 0. The van der Waals surface area contributed by atoms with Crippen molar-refractivity contribution in [1.29, 1.82) is 0 Å². The van der Waals surface area contributed by atoms with Crippen LogP contribution in [-0.2, 0) is 0 Å². The SMILES string of the molecule is CC(C)C1C2C[NH2+]CC21. The van der Waals surface area contributed by atoms with Gasteiger partial charge in [0.25, 0.3) is 0 Å². The fraction of sp³-hybridized carbons (Fsp3) is 1.00. The predicted molar refractivity (Wildman–Crippen MR) is 37.0 cm³/mol. The highest BCUT2D eigenvalue weighted by molar-refractivity contribution is 4.99. The van der Waals surface area contributed by atoms with Gasteiger partial charge in [0.2, 0.25) is 0 Å². The third-order valence-corrected chi connectivity index (χ3v) is 3.05. The van der Waals surface area contributed by atoms with Crippen LogP contribution < -0.4 is 5.32 Å². The maximum absolute atomic E-state index is 2.47. The predicted octanol–water partition coefficient (Wildman–Crippen LogP) is 0.0816. The van der Waals surface area contributed by atoms with E-state index >= 15 is 0 Å². The van der Waals surface area contributed by atoms with Gasteiger partial charge in [0, 0.05) is 11.8 Å². The van der Waals surface area contributed by atoms with Crippen LogP contribution in [0.4, 0.5) is 0 Å². The van der Waals surface area contributed by atoms with Gasteiger partial charge in [-0.3, -0.25) is 0 Å². The van der Waals surface area contributed by atoms with E-state index in [0.717, 1.165) is 23.7 Å². The van der Waals surface area contributed by atoms with E-state index in [4.69, 9.17) is 0 Å². The Morgan fingerprint density at radius 2 is 1.78 bits per heavy atom. The molecule has 1 aliphatic heterocycles. The summed E-state index contributed by atoms with van der Waals surface area (Å²) in [5, 5.41) is 2.47. The van der Waals surface area contributed by atoms with E-state index in [2.05, 4.69) is 19.2 Å². The molecule has 0 aromatic carbocycles. The molecular weight excluding hydrogens is 110 g/mol. The van der Waals surface area contributed by atoms with Crippen molar-refractivity contribution < 1.29 is 5.32 Å². The van der Waals surface area contributed by atoms with E-state index in [-0.39, 0.29) is 0 Å². The Bertz CT molecular complexity index is 110. The molecule has 0 amide bonds. The van der Waals surface area contributed by atoms with Crippen molar-refractivity contribution in [2.75, 3.05) is 13.1 Å². The maximum atomic E-state index is 2.47. The number of rotatable bonds is 1. The summed E-state index contributed by atoms with van der Waals surface area (Å²) in [6.45, 7) is 7.58. The standard InChI is InChI=1S/C8H15N/c1-5(2)8-6-3-9-4-7(6)8/h5-9H,3-4H2,1-2H3/p+1. The normalized spacial score (nSPS) is 47.7. The molecule has 1 heteroatoms. The van der Waals surface area contributed by atoms with Crippen LogP contribution in [0.25, 0.3) is 0 Å². The molecule has 2 rings (SSSR count). The zero-order chi connectivity index (χ0) is 6.43. The first kappa shape index (κ1) is 5.72. The molecule has 1 aliphatic carbocycles. The Hall–Kier alpha value is -0.0400. The van der Waals surface area contributed by atoms with Crippen LogP contribution in [-0.4, -0.2) is 13.1 Å². The van der Waals surface area contributed by atoms with Crippen LogP contribution >= 0.6 is 0 Å².